The van der Waals surface area contributed by atoms with Crippen molar-refractivity contribution in [2.45, 2.75) is 46.4 Å². The van der Waals surface area contributed by atoms with Crippen molar-refractivity contribution >= 4 is 0 Å². The number of aryl methyl sites for hydroxylation is 1. The predicted octanol–water partition coefficient (Wildman–Crippen LogP) is 5.84. The highest BCUT2D eigenvalue weighted by molar-refractivity contribution is 5.44. The van der Waals surface area contributed by atoms with Crippen molar-refractivity contribution in [1.82, 2.24) is 4.98 Å². The highest BCUT2D eigenvalue weighted by Gasteiger charge is 2.34. The second-order valence-electron chi connectivity index (χ2n) is 5.52. The highest BCUT2D eigenvalue weighted by atomic mass is 19.4. The van der Waals surface area contributed by atoms with Crippen molar-refractivity contribution in [3.8, 4) is 11.8 Å². The van der Waals surface area contributed by atoms with Gasteiger partial charge in [0.2, 0.25) is 0 Å². The summed E-state index contributed by atoms with van der Waals surface area (Å²) >= 11 is 0. The van der Waals surface area contributed by atoms with Crippen LogP contribution in [0.15, 0.2) is 36.5 Å². The molecule has 0 fully saturated rings. The smallest absolute Gasteiger partial charge is 0.417 e. The summed E-state index contributed by atoms with van der Waals surface area (Å²) < 4.78 is 44.2. The number of aromatic nitrogens is 1. The molecule has 0 radical (unpaired) electrons. The molecule has 25 heavy (non-hydrogen) atoms. The largest absolute Gasteiger partial charge is 0.486 e. The Morgan fingerprint density at radius 2 is 1.84 bits per heavy atom. The van der Waals surface area contributed by atoms with Crippen LogP contribution in [0.4, 0.5) is 13.2 Å². The molecule has 0 amide bonds. The molecule has 1 atom stereocenters. The van der Waals surface area contributed by atoms with Crippen LogP contribution in [-0.2, 0) is 6.18 Å². The molecule has 0 bridgehead atoms. The fourth-order valence-electron chi connectivity index (χ4n) is 1.92. The third-order valence-electron chi connectivity index (χ3n) is 3.13. The zero-order valence-electron chi connectivity index (χ0n) is 14.7. The van der Waals surface area contributed by atoms with Crippen LogP contribution in [0.3, 0.4) is 0 Å². The van der Waals surface area contributed by atoms with Crippen molar-refractivity contribution in [2.75, 3.05) is 0 Å². The normalized spacial score (nSPS) is 11.8. The summed E-state index contributed by atoms with van der Waals surface area (Å²) in [6.45, 7) is 7.81. The quantitative estimate of drug-likeness (QED) is 0.699. The highest BCUT2D eigenvalue weighted by Crippen LogP contribution is 2.35. The van der Waals surface area contributed by atoms with Crippen LogP contribution in [0.2, 0.25) is 0 Å². The van der Waals surface area contributed by atoms with Crippen molar-refractivity contribution in [1.29, 1.82) is 5.26 Å². The first-order valence-corrected chi connectivity index (χ1v) is 7.93. The topological polar surface area (TPSA) is 45.9 Å². The zero-order chi connectivity index (χ0) is 19.0. The lowest BCUT2D eigenvalue weighted by atomic mass is 10.1. The number of nitriles is 1. The number of hydrogen-bond donors (Lipinski definition) is 0. The Balaban J connectivity index is 0.000000970. The summed E-state index contributed by atoms with van der Waals surface area (Å²) in [5, 5.41) is 8.76. The van der Waals surface area contributed by atoms with Gasteiger partial charge in [-0.3, -0.25) is 4.98 Å². The Morgan fingerprint density at radius 1 is 1.20 bits per heavy atom. The van der Waals surface area contributed by atoms with Gasteiger partial charge in [-0.2, -0.15) is 18.4 Å². The van der Waals surface area contributed by atoms with E-state index in [1.165, 1.54) is 18.6 Å². The molecule has 0 N–H and O–H groups in total. The molecule has 0 saturated heterocycles. The molecule has 1 aromatic heterocycles. The fourth-order valence-corrected chi connectivity index (χ4v) is 1.92. The van der Waals surface area contributed by atoms with Crippen LogP contribution < -0.4 is 4.74 Å². The lowest BCUT2D eigenvalue weighted by molar-refractivity contribution is -0.137. The average Bonchev–Trinajstić information content (AvgIpc) is 2.55. The molecular formula is C19H21F3N2O. The van der Waals surface area contributed by atoms with E-state index >= 15 is 0 Å². The summed E-state index contributed by atoms with van der Waals surface area (Å²) in [7, 11) is 0. The van der Waals surface area contributed by atoms with Crippen molar-refractivity contribution < 1.29 is 17.9 Å². The molecule has 134 valence electrons. The molecule has 0 spiro atoms. The third-order valence-corrected chi connectivity index (χ3v) is 3.13. The molecule has 2 aromatic rings. The van der Waals surface area contributed by atoms with Gasteiger partial charge in [-0.1, -0.05) is 26.3 Å². The monoisotopic (exact) mass is 350 g/mol. The van der Waals surface area contributed by atoms with E-state index in [0.29, 0.717) is 0 Å². The maximum atomic E-state index is 12.9. The maximum Gasteiger partial charge on any atom is 0.417 e. The van der Waals surface area contributed by atoms with Gasteiger partial charge in [0.25, 0.3) is 0 Å². The van der Waals surface area contributed by atoms with Gasteiger partial charge in [0.15, 0.2) is 0 Å². The molecule has 3 nitrogen and oxygen atoms in total. The Hall–Kier alpha value is -2.55. The van der Waals surface area contributed by atoms with E-state index in [-0.39, 0.29) is 5.75 Å². The van der Waals surface area contributed by atoms with Gasteiger partial charge in [-0.25, -0.2) is 0 Å². The SMILES string of the molecule is CCC.Cc1ccc(C(C)Oc2ccc(C#N)c(C(F)(F)F)c2)cn1. The molecule has 0 aliphatic heterocycles. The third kappa shape index (κ3) is 6.11. The van der Waals surface area contributed by atoms with Crippen LogP contribution in [-0.4, -0.2) is 4.98 Å². The Bertz CT molecular complexity index is 719. The molecule has 0 saturated carbocycles. The van der Waals surface area contributed by atoms with E-state index in [2.05, 4.69) is 18.8 Å². The van der Waals surface area contributed by atoms with E-state index in [4.69, 9.17) is 10.00 Å². The maximum absolute atomic E-state index is 12.9. The zero-order valence-corrected chi connectivity index (χ0v) is 14.7. The number of ether oxygens (including phenoxy) is 1. The lowest BCUT2D eigenvalue weighted by Gasteiger charge is -2.17. The summed E-state index contributed by atoms with van der Waals surface area (Å²) in [6.07, 6.45) is -2.19. The standard InChI is InChI=1S/C16H13F3N2O.C3H8/c1-10-3-4-13(9-21-10)11(2)22-14-6-5-12(8-20)15(7-14)16(17,18)19;1-3-2/h3-7,9,11H,1-2H3;3H2,1-2H3. The first-order chi connectivity index (χ1) is 11.7. The molecule has 0 aliphatic rings. The molecule has 1 heterocycles. The second kappa shape index (κ2) is 9.07. The number of halogens is 3. The van der Waals surface area contributed by atoms with E-state index in [1.807, 2.05) is 6.92 Å². The van der Waals surface area contributed by atoms with Crippen LogP contribution in [0.5, 0.6) is 5.75 Å². The summed E-state index contributed by atoms with van der Waals surface area (Å²) in [6, 6.07) is 8.45. The van der Waals surface area contributed by atoms with Crippen molar-refractivity contribution in [3.05, 3.63) is 58.9 Å². The Morgan fingerprint density at radius 3 is 2.32 bits per heavy atom. The minimum atomic E-state index is -4.60. The van der Waals surface area contributed by atoms with Gasteiger partial charge in [-0.05, 0) is 38.1 Å². The molecule has 1 aromatic carbocycles. The van der Waals surface area contributed by atoms with Crippen LogP contribution in [0, 0.1) is 18.3 Å². The van der Waals surface area contributed by atoms with Crippen LogP contribution in [0.25, 0.3) is 0 Å². The minimum Gasteiger partial charge on any atom is -0.486 e. The second-order valence-corrected chi connectivity index (χ2v) is 5.52. The van der Waals surface area contributed by atoms with Gasteiger partial charge in [0, 0.05) is 17.5 Å². The van der Waals surface area contributed by atoms with E-state index in [1.54, 1.807) is 25.3 Å². The van der Waals surface area contributed by atoms with E-state index in [0.717, 1.165) is 23.4 Å². The molecule has 1 unspecified atom stereocenters. The number of benzene rings is 1. The number of pyridine rings is 1. The Kier molecular flexibility index (Phi) is 7.43. The van der Waals surface area contributed by atoms with Gasteiger partial charge in [-0.15, -0.1) is 0 Å². The summed E-state index contributed by atoms with van der Waals surface area (Å²) in [5.74, 6) is 0.0550. The molecule has 0 aliphatic carbocycles. The number of hydrogen-bond acceptors (Lipinski definition) is 3. The summed E-state index contributed by atoms with van der Waals surface area (Å²) in [4.78, 5) is 4.12. The predicted molar refractivity (Wildman–Crippen MR) is 90.1 cm³/mol. The number of rotatable bonds is 3. The van der Waals surface area contributed by atoms with E-state index in [9.17, 15) is 13.2 Å². The minimum absolute atomic E-state index is 0.0550. The van der Waals surface area contributed by atoms with Gasteiger partial charge in [0.05, 0.1) is 17.2 Å². The Labute approximate surface area is 146 Å². The molecule has 6 heteroatoms. The van der Waals surface area contributed by atoms with E-state index < -0.39 is 23.4 Å². The first-order valence-electron chi connectivity index (χ1n) is 7.93. The van der Waals surface area contributed by atoms with Crippen molar-refractivity contribution in [2.24, 2.45) is 0 Å². The number of alkyl halides is 3. The lowest BCUT2D eigenvalue weighted by Crippen LogP contribution is -2.09. The van der Waals surface area contributed by atoms with Gasteiger partial charge >= 0.3 is 6.18 Å². The van der Waals surface area contributed by atoms with Crippen molar-refractivity contribution in [3.63, 3.8) is 0 Å². The van der Waals surface area contributed by atoms with Crippen LogP contribution in [0.1, 0.15) is 55.7 Å². The molecule has 2 rings (SSSR count). The summed E-state index contributed by atoms with van der Waals surface area (Å²) in [5.41, 5.74) is 0.170. The number of nitrogens with zero attached hydrogens (tertiary/aromatic N) is 2. The fraction of sp³-hybridized carbons (Fsp3) is 0.368. The molecular weight excluding hydrogens is 329 g/mol. The van der Waals surface area contributed by atoms with Crippen LogP contribution >= 0.6 is 0 Å². The van der Waals surface area contributed by atoms with Gasteiger partial charge < -0.3 is 4.74 Å². The first kappa shape index (κ1) is 20.5. The average molecular weight is 350 g/mol. The van der Waals surface area contributed by atoms with Gasteiger partial charge in [0.1, 0.15) is 11.9 Å².